The number of thiophene rings is 2. The molecule has 2 aromatic rings. The standard InChI is InChI=1S/C20H20N2O4S2/c21-11-14-13-5-2-1-3-6-16(13)28-20(14)22-18(24)12-26-19(25)9-8-15(23)17-7-4-10-27-17/h4,7,10H,1-3,5-6,8-9,12H2,(H,22,24). The monoisotopic (exact) mass is 416 g/mol. The van der Waals surface area contributed by atoms with E-state index in [1.807, 2.05) is 0 Å². The number of hydrogen-bond acceptors (Lipinski definition) is 7. The van der Waals surface area contributed by atoms with E-state index in [1.165, 1.54) is 22.7 Å². The van der Waals surface area contributed by atoms with Gasteiger partial charge >= 0.3 is 5.97 Å². The van der Waals surface area contributed by atoms with Gasteiger partial charge in [-0.1, -0.05) is 12.5 Å². The van der Waals surface area contributed by atoms with Crippen molar-refractivity contribution in [3.05, 3.63) is 38.4 Å². The second-order valence-corrected chi connectivity index (χ2v) is 8.54. The van der Waals surface area contributed by atoms with Crippen LogP contribution in [0.3, 0.4) is 0 Å². The molecule has 0 saturated heterocycles. The first-order valence-electron chi connectivity index (χ1n) is 9.15. The van der Waals surface area contributed by atoms with Gasteiger partial charge in [0.15, 0.2) is 12.4 Å². The molecule has 2 aromatic heterocycles. The molecule has 0 radical (unpaired) electrons. The zero-order valence-electron chi connectivity index (χ0n) is 15.3. The predicted molar refractivity (Wildman–Crippen MR) is 108 cm³/mol. The number of ether oxygens (including phenoxy) is 1. The first-order valence-corrected chi connectivity index (χ1v) is 10.8. The highest BCUT2D eigenvalue weighted by molar-refractivity contribution is 7.16. The van der Waals surface area contributed by atoms with E-state index < -0.39 is 18.5 Å². The zero-order valence-corrected chi connectivity index (χ0v) is 16.9. The Labute approximate surface area is 171 Å². The van der Waals surface area contributed by atoms with Crippen LogP contribution in [0.15, 0.2) is 17.5 Å². The summed E-state index contributed by atoms with van der Waals surface area (Å²) in [5.41, 5.74) is 1.58. The van der Waals surface area contributed by atoms with Crippen molar-refractivity contribution in [1.82, 2.24) is 0 Å². The predicted octanol–water partition coefficient (Wildman–Crippen LogP) is 4.09. The number of nitrogens with zero attached hydrogens (tertiary/aromatic N) is 1. The second kappa shape index (κ2) is 9.62. The van der Waals surface area contributed by atoms with Crippen molar-refractivity contribution in [2.45, 2.75) is 44.9 Å². The summed E-state index contributed by atoms with van der Waals surface area (Å²) in [6.07, 6.45) is 5.06. The van der Waals surface area contributed by atoms with Gasteiger partial charge in [0.1, 0.15) is 11.1 Å². The fourth-order valence-electron chi connectivity index (χ4n) is 3.11. The second-order valence-electron chi connectivity index (χ2n) is 6.49. The van der Waals surface area contributed by atoms with Crippen molar-refractivity contribution in [3.8, 4) is 6.07 Å². The lowest BCUT2D eigenvalue weighted by molar-refractivity contribution is -0.147. The van der Waals surface area contributed by atoms with E-state index >= 15 is 0 Å². The van der Waals surface area contributed by atoms with Crippen LogP contribution in [0, 0.1) is 11.3 Å². The largest absolute Gasteiger partial charge is 0.456 e. The summed E-state index contributed by atoms with van der Waals surface area (Å²) in [5, 5.41) is 14.5. The van der Waals surface area contributed by atoms with Gasteiger partial charge in [0.05, 0.1) is 16.9 Å². The third-order valence-corrected chi connectivity index (χ3v) is 6.62. The molecule has 8 heteroatoms. The molecule has 0 atom stereocenters. The van der Waals surface area contributed by atoms with E-state index in [-0.39, 0.29) is 18.6 Å². The van der Waals surface area contributed by atoms with Crippen LogP contribution in [0.2, 0.25) is 0 Å². The molecule has 0 aliphatic heterocycles. The summed E-state index contributed by atoms with van der Waals surface area (Å²) < 4.78 is 4.96. The van der Waals surface area contributed by atoms with Crippen LogP contribution in [0.5, 0.6) is 0 Å². The number of nitriles is 1. The Morgan fingerprint density at radius 2 is 2.00 bits per heavy atom. The Bertz CT molecular complexity index is 910. The average Bonchev–Trinajstić information content (AvgIpc) is 3.27. The molecule has 0 saturated carbocycles. The number of anilines is 1. The minimum atomic E-state index is -0.595. The lowest BCUT2D eigenvalue weighted by Crippen LogP contribution is -2.21. The van der Waals surface area contributed by atoms with Crippen LogP contribution in [0.1, 0.15) is 57.8 Å². The van der Waals surface area contributed by atoms with Gasteiger partial charge in [-0.3, -0.25) is 14.4 Å². The Morgan fingerprint density at radius 1 is 1.18 bits per heavy atom. The number of amides is 1. The molecule has 1 amide bonds. The molecule has 1 aliphatic carbocycles. The number of aryl methyl sites for hydroxylation is 1. The molecule has 146 valence electrons. The number of carbonyl (C=O) groups is 3. The first-order chi connectivity index (χ1) is 13.6. The molecule has 0 unspecified atom stereocenters. The maximum absolute atomic E-state index is 12.1. The summed E-state index contributed by atoms with van der Waals surface area (Å²) in [6, 6.07) is 5.69. The van der Waals surface area contributed by atoms with Gasteiger partial charge < -0.3 is 10.1 Å². The number of fused-ring (bicyclic) bond motifs is 1. The summed E-state index contributed by atoms with van der Waals surface area (Å²) in [4.78, 5) is 37.6. The lowest BCUT2D eigenvalue weighted by Gasteiger charge is -2.06. The van der Waals surface area contributed by atoms with Crippen molar-refractivity contribution in [3.63, 3.8) is 0 Å². The quantitative estimate of drug-likeness (QED) is 0.416. The fourth-order valence-corrected chi connectivity index (χ4v) is 5.06. The number of Topliss-reactive ketones (excluding diaryl/α,β-unsaturated/α-hetero) is 1. The molecule has 0 fully saturated rings. The van der Waals surface area contributed by atoms with Gasteiger partial charge in [0, 0.05) is 11.3 Å². The smallest absolute Gasteiger partial charge is 0.306 e. The molecule has 1 N–H and O–H groups in total. The molecule has 0 spiro atoms. The van der Waals surface area contributed by atoms with Crippen LogP contribution in [-0.4, -0.2) is 24.3 Å². The summed E-state index contributed by atoms with van der Waals surface area (Å²) in [5.74, 6) is -1.19. The molecule has 6 nitrogen and oxygen atoms in total. The number of ketones is 1. The number of rotatable bonds is 7. The number of hydrogen-bond donors (Lipinski definition) is 1. The molecule has 0 bridgehead atoms. The highest BCUT2D eigenvalue weighted by Gasteiger charge is 2.21. The molecule has 28 heavy (non-hydrogen) atoms. The van der Waals surface area contributed by atoms with Crippen LogP contribution >= 0.6 is 22.7 Å². The van der Waals surface area contributed by atoms with Crippen LogP contribution in [0.25, 0.3) is 0 Å². The van der Waals surface area contributed by atoms with E-state index in [0.29, 0.717) is 15.4 Å². The molecular weight excluding hydrogens is 396 g/mol. The van der Waals surface area contributed by atoms with Crippen LogP contribution in [-0.2, 0) is 27.2 Å². The molecule has 3 rings (SSSR count). The summed E-state index contributed by atoms with van der Waals surface area (Å²) >= 11 is 2.76. The van der Waals surface area contributed by atoms with Crippen LogP contribution < -0.4 is 5.32 Å². The van der Waals surface area contributed by atoms with Crippen molar-refractivity contribution >= 4 is 45.3 Å². The van der Waals surface area contributed by atoms with E-state index in [9.17, 15) is 19.6 Å². The van der Waals surface area contributed by atoms with Crippen molar-refractivity contribution in [1.29, 1.82) is 5.26 Å². The number of carbonyl (C=O) groups excluding carboxylic acids is 3. The van der Waals surface area contributed by atoms with E-state index in [2.05, 4.69) is 11.4 Å². The van der Waals surface area contributed by atoms with Gasteiger partial charge in [-0.15, -0.1) is 22.7 Å². The fraction of sp³-hybridized carbons (Fsp3) is 0.400. The molecule has 2 heterocycles. The van der Waals surface area contributed by atoms with Crippen molar-refractivity contribution in [2.75, 3.05) is 11.9 Å². The van der Waals surface area contributed by atoms with Gasteiger partial charge in [0.2, 0.25) is 0 Å². The third kappa shape index (κ3) is 5.06. The maximum Gasteiger partial charge on any atom is 0.306 e. The Kier molecular flexibility index (Phi) is 6.95. The highest BCUT2D eigenvalue weighted by atomic mass is 32.1. The van der Waals surface area contributed by atoms with Crippen LogP contribution in [0.4, 0.5) is 5.00 Å². The topological polar surface area (TPSA) is 96.3 Å². The van der Waals surface area contributed by atoms with Gasteiger partial charge in [-0.2, -0.15) is 5.26 Å². The number of esters is 1. The minimum Gasteiger partial charge on any atom is -0.456 e. The zero-order chi connectivity index (χ0) is 19.9. The lowest BCUT2D eigenvalue weighted by atomic mass is 10.1. The van der Waals surface area contributed by atoms with E-state index in [4.69, 9.17) is 4.74 Å². The summed E-state index contributed by atoms with van der Waals surface area (Å²) in [7, 11) is 0. The molecular formula is C20H20N2O4S2. The van der Waals surface area contributed by atoms with Crippen molar-refractivity contribution in [2.24, 2.45) is 0 Å². The molecule has 0 aromatic carbocycles. The van der Waals surface area contributed by atoms with E-state index in [0.717, 1.165) is 42.5 Å². The number of nitrogens with one attached hydrogen (secondary N) is 1. The Hall–Kier alpha value is -2.50. The van der Waals surface area contributed by atoms with Gasteiger partial charge in [-0.05, 0) is 42.7 Å². The molecule has 1 aliphatic rings. The van der Waals surface area contributed by atoms with E-state index in [1.54, 1.807) is 17.5 Å². The maximum atomic E-state index is 12.1. The van der Waals surface area contributed by atoms with Gasteiger partial charge in [0.25, 0.3) is 5.91 Å². The van der Waals surface area contributed by atoms with Crippen molar-refractivity contribution < 1.29 is 19.1 Å². The third-order valence-electron chi connectivity index (χ3n) is 4.50. The Balaban J connectivity index is 1.49. The summed E-state index contributed by atoms with van der Waals surface area (Å²) in [6.45, 7) is -0.431. The average molecular weight is 417 g/mol. The van der Waals surface area contributed by atoms with Gasteiger partial charge in [-0.25, -0.2) is 0 Å². The normalized spacial score (nSPS) is 13.1. The minimum absolute atomic E-state index is 0.0528. The highest BCUT2D eigenvalue weighted by Crippen LogP contribution is 2.36. The Morgan fingerprint density at radius 3 is 2.75 bits per heavy atom. The first kappa shape index (κ1) is 20.2. The SMILES string of the molecule is N#Cc1c(NC(=O)COC(=O)CCC(=O)c2cccs2)sc2c1CCCCC2.